The number of aromatic nitrogens is 2. The van der Waals surface area contributed by atoms with Crippen LogP contribution in [0, 0.1) is 6.92 Å². The summed E-state index contributed by atoms with van der Waals surface area (Å²) in [6.07, 6.45) is 2.41. The largest absolute Gasteiger partial charge is 0.494 e. The number of halogens is 1. The molecule has 0 saturated heterocycles. The van der Waals surface area contributed by atoms with Crippen LogP contribution < -0.4 is 19.8 Å². The number of para-hydroxylation sites is 1. The maximum atomic E-state index is 13.9. The summed E-state index contributed by atoms with van der Waals surface area (Å²) in [5.74, 6) is 2.63. The lowest BCUT2D eigenvalue weighted by atomic mass is 9.96. The van der Waals surface area contributed by atoms with Crippen LogP contribution in [0.1, 0.15) is 63.6 Å². The summed E-state index contributed by atoms with van der Waals surface area (Å²) in [5.41, 5.74) is 3.81. The Morgan fingerprint density at radius 1 is 1.07 bits per heavy atom. The predicted octanol–water partition coefficient (Wildman–Crippen LogP) is 7.72. The first kappa shape index (κ1) is 29.3. The van der Waals surface area contributed by atoms with Gasteiger partial charge in [-0.05, 0) is 80.6 Å². The summed E-state index contributed by atoms with van der Waals surface area (Å²) in [6, 6.07) is 15.1. The number of aryl methyl sites for hydroxylation is 1. The van der Waals surface area contributed by atoms with Gasteiger partial charge in [-0.15, -0.1) is 0 Å². The topological polar surface area (TPSA) is 74.9 Å². The minimum atomic E-state index is -0.261. The van der Waals surface area contributed by atoms with Crippen LogP contribution in [0.25, 0.3) is 22.3 Å². The second-order valence-electron chi connectivity index (χ2n) is 9.97. The van der Waals surface area contributed by atoms with E-state index in [-0.39, 0.29) is 17.6 Å². The molecule has 0 spiro atoms. The van der Waals surface area contributed by atoms with Crippen molar-refractivity contribution in [3.63, 3.8) is 0 Å². The van der Waals surface area contributed by atoms with Gasteiger partial charge in [0.05, 0.1) is 36.9 Å². The Morgan fingerprint density at radius 3 is 2.50 bits per heavy atom. The summed E-state index contributed by atoms with van der Waals surface area (Å²) in [6.45, 7) is 12.8. The van der Waals surface area contributed by atoms with Gasteiger partial charge in [0.1, 0.15) is 5.75 Å². The molecule has 0 N–H and O–H groups in total. The van der Waals surface area contributed by atoms with Gasteiger partial charge in [-0.25, -0.2) is 4.98 Å². The van der Waals surface area contributed by atoms with E-state index in [1.807, 2.05) is 57.2 Å². The van der Waals surface area contributed by atoms with E-state index in [1.165, 1.54) is 4.68 Å². The van der Waals surface area contributed by atoms with Crippen molar-refractivity contribution in [1.29, 1.82) is 0 Å². The summed E-state index contributed by atoms with van der Waals surface area (Å²) < 4.78 is 19.9. The van der Waals surface area contributed by atoms with Crippen molar-refractivity contribution >= 4 is 33.0 Å². The van der Waals surface area contributed by atoms with Crippen molar-refractivity contribution in [2.45, 2.75) is 60.0 Å². The molecule has 3 aromatic carbocycles. The van der Waals surface area contributed by atoms with Gasteiger partial charge in [-0.2, -0.15) is 9.78 Å². The zero-order valence-corrected chi connectivity index (χ0v) is 25.7. The van der Waals surface area contributed by atoms with Crippen LogP contribution in [0.2, 0.25) is 0 Å². The highest BCUT2D eigenvalue weighted by Crippen LogP contribution is 2.36. The SMILES string of the molecule is CCOc1cc(C)c(-c2nc3ccccc3c(=O)n2N=Cc2cc(Br)cc(OC)c2O[C@H](C)CC)cc1C(C)C. The molecule has 1 atom stereocenters. The molecular weight excluding hydrogens is 570 g/mol. The number of ether oxygens (including phenoxy) is 3. The van der Waals surface area contributed by atoms with Crippen LogP contribution in [-0.2, 0) is 0 Å². The van der Waals surface area contributed by atoms with Gasteiger partial charge < -0.3 is 14.2 Å². The first-order chi connectivity index (χ1) is 19.2. The van der Waals surface area contributed by atoms with Gasteiger partial charge in [-0.3, -0.25) is 4.79 Å². The second kappa shape index (κ2) is 12.7. The first-order valence-electron chi connectivity index (χ1n) is 13.6. The zero-order valence-electron chi connectivity index (χ0n) is 24.1. The molecule has 8 heteroatoms. The number of methoxy groups -OCH3 is 1. The van der Waals surface area contributed by atoms with E-state index in [0.29, 0.717) is 40.4 Å². The molecule has 0 bridgehead atoms. The van der Waals surface area contributed by atoms with Crippen LogP contribution >= 0.6 is 15.9 Å². The van der Waals surface area contributed by atoms with Gasteiger partial charge in [0.2, 0.25) is 0 Å². The molecule has 0 amide bonds. The van der Waals surface area contributed by atoms with Gasteiger partial charge >= 0.3 is 0 Å². The van der Waals surface area contributed by atoms with Gasteiger partial charge in [-0.1, -0.05) is 48.8 Å². The van der Waals surface area contributed by atoms with E-state index in [1.54, 1.807) is 19.4 Å². The molecule has 0 saturated carbocycles. The standard InChI is InChI=1S/C32H36BrN3O4/c1-8-21(6)40-30-22(15-23(33)16-29(30)38-7)18-34-36-31(35-27-13-11-10-12-24(27)32(36)37)26-17-25(19(3)4)28(39-9-2)14-20(26)5/h10-19,21H,8-9H2,1-7H3/t21-/m1/s1. The average molecular weight is 607 g/mol. The highest BCUT2D eigenvalue weighted by molar-refractivity contribution is 9.10. The molecule has 210 valence electrons. The summed E-state index contributed by atoms with van der Waals surface area (Å²) in [4.78, 5) is 18.8. The van der Waals surface area contributed by atoms with Crippen LogP contribution in [0.5, 0.6) is 17.2 Å². The third-order valence-electron chi connectivity index (χ3n) is 6.75. The van der Waals surface area contributed by atoms with E-state index >= 15 is 0 Å². The summed E-state index contributed by atoms with van der Waals surface area (Å²) in [7, 11) is 1.60. The quantitative estimate of drug-likeness (QED) is 0.173. The monoisotopic (exact) mass is 605 g/mol. The van der Waals surface area contributed by atoms with Crippen LogP contribution in [0.3, 0.4) is 0 Å². The summed E-state index contributed by atoms with van der Waals surface area (Å²) >= 11 is 3.56. The molecule has 4 rings (SSSR count). The van der Waals surface area contributed by atoms with E-state index in [2.05, 4.69) is 42.8 Å². The number of rotatable bonds is 10. The molecule has 4 aromatic rings. The number of hydrogen-bond acceptors (Lipinski definition) is 6. The maximum absolute atomic E-state index is 13.9. The highest BCUT2D eigenvalue weighted by Gasteiger charge is 2.19. The van der Waals surface area contributed by atoms with Gasteiger partial charge in [0.15, 0.2) is 17.3 Å². The molecule has 1 heterocycles. The first-order valence-corrected chi connectivity index (χ1v) is 14.4. The minimum absolute atomic E-state index is 0.0381. The Kier molecular flexibility index (Phi) is 9.30. The lowest BCUT2D eigenvalue weighted by molar-refractivity contribution is 0.207. The van der Waals surface area contributed by atoms with Gasteiger partial charge in [0, 0.05) is 15.6 Å². The minimum Gasteiger partial charge on any atom is -0.494 e. The second-order valence-corrected chi connectivity index (χ2v) is 10.9. The molecule has 1 aromatic heterocycles. The normalized spacial score (nSPS) is 12.3. The predicted molar refractivity (Wildman–Crippen MR) is 166 cm³/mol. The third-order valence-corrected chi connectivity index (χ3v) is 7.21. The Bertz CT molecular complexity index is 1610. The number of nitrogens with zero attached hydrogens (tertiary/aromatic N) is 3. The maximum Gasteiger partial charge on any atom is 0.282 e. The molecule has 40 heavy (non-hydrogen) atoms. The smallest absolute Gasteiger partial charge is 0.282 e. The van der Waals surface area contributed by atoms with E-state index in [0.717, 1.165) is 33.3 Å². The Labute approximate surface area is 243 Å². The fraction of sp³-hybridized carbons (Fsp3) is 0.344. The van der Waals surface area contributed by atoms with Crippen molar-refractivity contribution < 1.29 is 14.2 Å². The average Bonchev–Trinajstić information content (AvgIpc) is 2.93. The molecule has 0 radical (unpaired) electrons. The number of hydrogen-bond donors (Lipinski definition) is 0. The molecule has 0 aliphatic carbocycles. The Morgan fingerprint density at radius 2 is 1.82 bits per heavy atom. The Hall–Kier alpha value is -3.65. The van der Waals surface area contributed by atoms with E-state index in [9.17, 15) is 4.79 Å². The van der Waals surface area contributed by atoms with Crippen molar-refractivity contribution in [3.8, 4) is 28.6 Å². The summed E-state index contributed by atoms with van der Waals surface area (Å²) in [5, 5.41) is 5.20. The third kappa shape index (κ3) is 6.07. The van der Waals surface area contributed by atoms with Crippen molar-refractivity contribution in [2.24, 2.45) is 5.10 Å². The van der Waals surface area contributed by atoms with Crippen molar-refractivity contribution in [1.82, 2.24) is 9.66 Å². The zero-order chi connectivity index (χ0) is 29.0. The fourth-order valence-electron chi connectivity index (χ4n) is 4.44. The fourth-order valence-corrected chi connectivity index (χ4v) is 4.90. The van der Waals surface area contributed by atoms with Crippen LogP contribution in [0.4, 0.5) is 0 Å². The van der Waals surface area contributed by atoms with Crippen LogP contribution in [-0.4, -0.2) is 35.7 Å². The Balaban J connectivity index is 1.98. The molecule has 0 fully saturated rings. The van der Waals surface area contributed by atoms with Crippen molar-refractivity contribution in [2.75, 3.05) is 13.7 Å². The lowest BCUT2D eigenvalue weighted by Gasteiger charge is -2.19. The van der Waals surface area contributed by atoms with E-state index in [4.69, 9.17) is 24.3 Å². The van der Waals surface area contributed by atoms with Crippen LogP contribution in [0.15, 0.2) is 62.9 Å². The molecule has 0 aliphatic rings. The number of fused-ring (bicyclic) bond motifs is 1. The lowest BCUT2D eigenvalue weighted by Crippen LogP contribution is -2.21. The van der Waals surface area contributed by atoms with Gasteiger partial charge in [0.25, 0.3) is 5.56 Å². The molecule has 0 unspecified atom stereocenters. The van der Waals surface area contributed by atoms with E-state index < -0.39 is 0 Å². The molecule has 0 aliphatic heterocycles. The molecule has 7 nitrogen and oxygen atoms in total. The highest BCUT2D eigenvalue weighted by atomic mass is 79.9. The van der Waals surface area contributed by atoms with Crippen molar-refractivity contribution in [3.05, 3.63) is 80.0 Å². The molecular formula is C32H36BrN3O4. The number of benzene rings is 3.